The zero-order valence-electron chi connectivity index (χ0n) is 11.5. The first-order valence-corrected chi connectivity index (χ1v) is 6.00. The third-order valence-electron chi connectivity index (χ3n) is 2.50. The Labute approximate surface area is 123 Å². The Morgan fingerprint density at radius 2 is 1.85 bits per heavy atom. The maximum Gasteiger partial charge on any atom is 0.251 e. The van der Waals surface area contributed by atoms with E-state index in [0.717, 1.165) is 0 Å². The van der Waals surface area contributed by atoms with Crippen LogP contribution in [0.2, 0.25) is 0 Å². The summed E-state index contributed by atoms with van der Waals surface area (Å²) in [6.07, 6.45) is 0. The fraction of sp³-hybridized carbons (Fsp3) is 0.385. The summed E-state index contributed by atoms with van der Waals surface area (Å²) >= 11 is 0. The van der Waals surface area contributed by atoms with Crippen molar-refractivity contribution in [1.29, 1.82) is 0 Å². The first-order chi connectivity index (χ1) is 9.04. The van der Waals surface area contributed by atoms with Gasteiger partial charge in [0.1, 0.15) is 5.82 Å². The number of benzene rings is 1. The van der Waals surface area contributed by atoms with E-state index in [1.807, 2.05) is 0 Å². The molecule has 0 saturated carbocycles. The molecule has 0 spiro atoms. The number of halogens is 2. The molecule has 0 saturated heterocycles. The minimum atomic E-state index is -0.407. The molecule has 1 aromatic rings. The van der Waals surface area contributed by atoms with Gasteiger partial charge in [0.25, 0.3) is 5.91 Å². The molecule has 0 unspecified atom stereocenters. The van der Waals surface area contributed by atoms with Crippen molar-refractivity contribution in [2.45, 2.75) is 6.92 Å². The largest absolute Gasteiger partial charge is 0.353 e. The monoisotopic (exact) mass is 303 g/mol. The summed E-state index contributed by atoms with van der Waals surface area (Å²) in [6.45, 7) is 2.50. The molecule has 0 bridgehead atoms. The number of amides is 2. The van der Waals surface area contributed by atoms with Gasteiger partial charge in [0.2, 0.25) is 5.91 Å². The third kappa shape index (κ3) is 5.99. The molecule has 5 nitrogen and oxygen atoms in total. The summed E-state index contributed by atoms with van der Waals surface area (Å²) < 4.78 is 13.3. The van der Waals surface area contributed by atoms with Crippen LogP contribution in [0.15, 0.2) is 18.2 Å². The van der Waals surface area contributed by atoms with Crippen molar-refractivity contribution in [3.05, 3.63) is 35.1 Å². The van der Waals surface area contributed by atoms with E-state index < -0.39 is 5.82 Å². The normalized spacial score (nSPS) is 9.55. The second kappa shape index (κ2) is 9.28. The number of hydrogen-bond donors (Lipinski definition) is 3. The van der Waals surface area contributed by atoms with Gasteiger partial charge in [-0.3, -0.25) is 9.59 Å². The van der Waals surface area contributed by atoms with E-state index in [0.29, 0.717) is 18.7 Å². The lowest BCUT2D eigenvalue weighted by atomic mass is 10.1. The van der Waals surface area contributed by atoms with E-state index in [9.17, 15) is 14.0 Å². The van der Waals surface area contributed by atoms with E-state index in [1.165, 1.54) is 6.07 Å². The van der Waals surface area contributed by atoms with Gasteiger partial charge < -0.3 is 16.0 Å². The van der Waals surface area contributed by atoms with Crippen LogP contribution in [0.1, 0.15) is 15.9 Å². The highest BCUT2D eigenvalue weighted by molar-refractivity contribution is 5.94. The molecule has 7 heteroatoms. The molecule has 112 valence electrons. The summed E-state index contributed by atoms with van der Waals surface area (Å²) in [7, 11) is 1.67. The Bertz CT molecular complexity index is 469. The van der Waals surface area contributed by atoms with Gasteiger partial charge in [-0.2, -0.15) is 0 Å². The smallest absolute Gasteiger partial charge is 0.251 e. The zero-order chi connectivity index (χ0) is 14.3. The number of nitrogens with one attached hydrogen (secondary N) is 3. The van der Waals surface area contributed by atoms with Gasteiger partial charge >= 0.3 is 0 Å². The van der Waals surface area contributed by atoms with Crippen LogP contribution in [-0.2, 0) is 4.79 Å². The summed E-state index contributed by atoms with van der Waals surface area (Å²) in [6, 6.07) is 4.32. The Morgan fingerprint density at radius 1 is 1.20 bits per heavy atom. The highest BCUT2D eigenvalue weighted by Gasteiger charge is 2.07. The number of aryl methyl sites for hydroxylation is 1. The fourth-order valence-electron chi connectivity index (χ4n) is 1.44. The van der Waals surface area contributed by atoms with E-state index in [-0.39, 0.29) is 36.3 Å². The Morgan fingerprint density at radius 3 is 2.45 bits per heavy atom. The summed E-state index contributed by atoms with van der Waals surface area (Å²) in [5.41, 5.74) is 0.764. The van der Waals surface area contributed by atoms with E-state index in [1.54, 1.807) is 26.1 Å². The Balaban J connectivity index is 0.00000361. The molecule has 0 aliphatic carbocycles. The van der Waals surface area contributed by atoms with Crippen LogP contribution >= 0.6 is 12.4 Å². The standard InChI is InChI=1S/C13H18FN3O2.ClH/c1-9-3-4-10(7-11(9)14)13(19)17-6-5-16-12(18)8-15-2;/h3-4,7,15H,5-6,8H2,1-2H3,(H,16,18)(H,17,19);1H. The molecule has 0 radical (unpaired) electrons. The lowest BCUT2D eigenvalue weighted by Gasteiger charge is -2.07. The average molecular weight is 304 g/mol. The van der Waals surface area contributed by atoms with Gasteiger partial charge in [0, 0.05) is 18.7 Å². The van der Waals surface area contributed by atoms with Crippen LogP contribution in [0, 0.1) is 12.7 Å². The number of likely N-dealkylation sites (N-methyl/N-ethyl adjacent to an activating group) is 1. The molecule has 0 aliphatic heterocycles. The maximum absolute atomic E-state index is 13.3. The Hall–Kier alpha value is -1.66. The highest BCUT2D eigenvalue weighted by Crippen LogP contribution is 2.08. The molecular formula is C13H19ClFN3O2. The molecule has 3 N–H and O–H groups in total. The molecule has 0 atom stereocenters. The van der Waals surface area contributed by atoms with Gasteiger partial charge in [-0.25, -0.2) is 4.39 Å². The second-order valence-corrected chi connectivity index (χ2v) is 4.10. The molecule has 0 aliphatic rings. The predicted octanol–water partition coefficient (Wildman–Crippen LogP) is 0.621. The zero-order valence-corrected chi connectivity index (χ0v) is 12.3. The molecule has 2 amide bonds. The average Bonchev–Trinajstić information content (AvgIpc) is 2.38. The quantitative estimate of drug-likeness (QED) is 0.675. The molecular weight excluding hydrogens is 285 g/mol. The SMILES string of the molecule is CNCC(=O)NCCNC(=O)c1ccc(C)c(F)c1.Cl. The minimum Gasteiger partial charge on any atom is -0.353 e. The van der Waals surface area contributed by atoms with Crippen LogP contribution in [0.4, 0.5) is 4.39 Å². The number of carbonyl (C=O) groups is 2. The molecule has 0 heterocycles. The molecule has 20 heavy (non-hydrogen) atoms. The van der Waals surface area contributed by atoms with Gasteiger partial charge in [-0.15, -0.1) is 12.4 Å². The molecule has 0 aromatic heterocycles. The summed E-state index contributed by atoms with van der Waals surface area (Å²) in [4.78, 5) is 22.8. The summed E-state index contributed by atoms with van der Waals surface area (Å²) in [5.74, 6) is -0.908. The van der Waals surface area contributed by atoms with E-state index in [4.69, 9.17) is 0 Å². The van der Waals surface area contributed by atoms with E-state index >= 15 is 0 Å². The number of rotatable bonds is 6. The third-order valence-corrected chi connectivity index (χ3v) is 2.50. The van der Waals surface area contributed by atoms with E-state index in [2.05, 4.69) is 16.0 Å². The lowest BCUT2D eigenvalue weighted by Crippen LogP contribution is -2.38. The Kier molecular flexibility index (Phi) is 8.51. The second-order valence-electron chi connectivity index (χ2n) is 4.10. The lowest BCUT2D eigenvalue weighted by molar-refractivity contribution is -0.120. The highest BCUT2D eigenvalue weighted by atomic mass is 35.5. The molecule has 1 aromatic carbocycles. The predicted molar refractivity (Wildman–Crippen MR) is 77.7 cm³/mol. The van der Waals surface area contributed by atoms with Gasteiger partial charge in [0.15, 0.2) is 0 Å². The van der Waals surface area contributed by atoms with Crippen LogP contribution in [0.25, 0.3) is 0 Å². The maximum atomic E-state index is 13.3. The van der Waals surface area contributed by atoms with Gasteiger partial charge in [-0.1, -0.05) is 6.07 Å². The van der Waals surface area contributed by atoms with Crippen molar-refractivity contribution in [3.63, 3.8) is 0 Å². The number of carbonyl (C=O) groups excluding carboxylic acids is 2. The summed E-state index contributed by atoms with van der Waals surface area (Å²) in [5, 5.41) is 7.94. The van der Waals surface area contributed by atoms with Crippen molar-refractivity contribution in [2.24, 2.45) is 0 Å². The van der Waals surface area contributed by atoms with Crippen LogP contribution < -0.4 is 16.0 Å². The minimum absolute atomic E-state index is 0. The molecule has 1 rings (SSSR count). The fourth-order valence-corrected chi connectivity index (χ4v) is 1.44. The van der Waals surface area contributed by atoms with Crippen LogP contribution in [0.3, 0.4) is 0 Å². The first kappa shape index (κ1) is 18.3. The van der Waals surface area contributed by atoms with Crippen LogP contribution in [0.5, 0.6) is 0 Å². The van der Waals surface area contributed by atoms with Crippen molar-refractivity contribution in [1.82, 2.24) is 16.0 Å². The van der Waals surface area contributed by atoms with Crippen molar-refractivity contribution < 1.29 is 14.0 Å². The van der Waals surface area contributed by atoms with Gasteiger partial charge in [-0.05, 0) is 31.7 Å². The first-order valence-electron chi connectivity index (χ1n) is 6.00. The van der Waals surface area contributed by atoms with Crippen molar-refractivity contribution in [2.75, 3.05) is 26.7 Å². The van der Waals surface area contributed by atoms with Gasteiger partial charge in [0.05, 0.1) is 6.54 Å². The number of hydrogen-bond acceptors (Lipinski definition) is 3. The molecule has 0 fully saturated rings. The van der Waals surface area contributed by atoms with Crippen molar-refractivity contribution in [3.8, 4) is 0 Å². The topological polar surface area (TPSA) is 70.2 Å². The van der Waals surface area contributed by atoms with Crippen LogP contribution in [-0.4, -0.2) is 38.5 Å². The van der Waals surface area contributed by atoms with Crippen molar-refractivity contribution >= 4 is 24.2 Å².